The highest BCUT2D eigenvalue weighted by Gasteiger charge is 2.08. The van der Waals surface area contributed by atoms with E-state index < -0.39 is 0 Å². The summed E-state index contributed by atoms with van der Waals surface area (Å²) in [5.41, 5.74) is 6.62. The summed E-state index contributed by atoms with van der Waals surface area (Å²) >= 11 is 1.22. The fourth-order valence-corrected chi connectivity index (χ4v) is 2.13. The number of fused-ring (bicyclic) bond motifs is 1. The van der Waals surface area contributed by atoms with Crippen molar-refractivity contribution in [3.63, 3.8) is 0 Å². The summed E-state index contributed by atoms with van der Waals surface area (Å²) in [4.78, 5) is 19.7. The highest BCUT2D eigenvalue weighted by Crippen LogP contribution is 2.22. The average molecular weight is 263 g/mol. The predicted octanol–water partition coefficient (Wildman–Crippen LogP) is 1.87. The minimum atomic E-state index is -0.280. The number of aromatic nitrogens is 2. The van der Waals surface area contributed by atoms with Crippen molar-refractivity contribution in [2.75, 3.05) is 18.1 Å². The third kappa shape index (κ3) is 2.89. The van der Waals surface area contributed by atoms with E-state index in [1.807, 2.05) is 24.3 Å². The maximum absolute atomic E-state index is 11.2. The Morgan fingerprint density at radius 3 is 2.94 bits per heavy atom. The lowest BCUT2D eigenvalue weighted by atomic mass is 10.2. The average Bonchev–Trinajstić information content (AvgIpc) is 2.37. The fraction of sp³-hybridized carbons (Fsp3) is 0.250. The molecule has 2 rings (SSSR count). The minimum Gasteiger partial charge on any atom is -0.465 e. The van der Waals surface area contributed by atoms with Crippen LogP contribution in [0.2, 0.25) is 0 Å². The number of esters is 1. The molecule has 0 aliphatic carbocycles. The van der Waals surface area contributed by atoms with E-state index >= 15 is 0 Å². The van der Waals surface area contributed by atoms with Crippen molar-refractivity contribution in [3.8, 4) is 0 Å². The zero-order valence-electron chi connectivity index (χ0n) is 9.92. The quantitative estimate of drug-likeness (QED) is 0.515. The second-order valence-electron chi connectivity index (χ2n) is 3.50. The molecule has 6 heteroatoms. The molecule has 0 aliphatic heterocycles. The number of thioether (sulfide) groups is 1. The molecule has 18 heavy (non-hydrogen) atoms. The van der Waals surface area contributed by atoms with Crippen molar-refractivity contribution in [2.24, 2.45) is 0 Å². The molecule has 1 aromatic heterocycles. The van der Waals surface area contributed by atoms with E-state index in [2.05, 4.69) is 9.97 Å². The predicted molar refractivity (Wildman–Crippen MR) is 71.3 cm³/mol. The number of nitrogens with zero attached hydrogens (tertiary/aromatic N) is 2. The number of nitrogen functional groups attached to an aromatic ring is 1. The van der Waals surface area contributed by atoms with Crippen LogP contribution in [0.5, 0.6) is 0 Å². The van der Waals surface area contributed by atoms with Gasteiger partial charge in [-0.05, 0) is 19.1 Å². The highest BCUT2D eigenvalue weighted by molar-refractivity contribution is 7.99. The SMILES string of the molecule is CCOC(=O)CSc1nc(N)c2ccccc2n1. The summed E-state index contributed by atoms with van der Waals surface area (Å²) in [5.74, 6) is 0.329. The Bertz CT molecular complexity index is 574. The van der Waals surface area contributed by atoms with Crippen LogP contribution in [-0.2, 0) is 9.53 Å². The van der Waals surface area contributed by atoms with E-state index in [1.165, 1.54) is 11.8 Å². The first-order chi connectivity index (χ1) is 8.70. The van der Waals surface area contributed by atoms with Crippen molar-refractivity contribution >= 4 is 34.5 Å². The first-order valence-corrected chi connectivity index (χ1v) is 6.50. The molecule has 94 valence electrons. The van der Waals surface area contributed by atoms with Gasteiger partial charge in [-0.1, -0.05) is 23.9 Å². The normalized spacial score (nSPS) is 10.5. The number of hydrogen-bond acceptors (Lipinski definition) is 6. The summed E-state index contributed by atoms with van der Waals surface area (Å²) < 4.78 is 4.83. The van der Waals surface area contributed by atoms with Gasteiger partial charge in [0.2, 0.25) is 0 Å². The molecule has 0 radical (unpaired) electrons. The number of anilines is 1. The number of rotatable bonds is 4. The summed E-state index contributed by atoms with van der Waals surface area (Å²) in [6.07, 6.45) is 0. The number of benzene rings is 1. The highest BCUT2D eigenvalue weighted by atomic mass is 32.2. The van der Waals surface area contributed by atoms with E-state index in [4.69, 9.17) is 10.5 Å². The number of nitrogens with two attached hydrogens (primary N) is 1. The molecule has 0 atom stereocenters. The van der Waals surface area contributed by atoms with E-state index in [1.54, 1.807) is 6.92 Å². The van der Waals surface area contributed by atoms with E-state index in [-0.39, 0.29) is 11.7 Å². The molecule has 0 saturated carbocycles. The molecule has 5 nitrogen and oxygen atoms in total. The molecule has 2 aromatic rings. The van der Waals surface area contributed by atoms with E-state index in [0.29, 0.717) is 17.6 Å². The van der Waals surface area contributed by atoms with Gasteiger partial charge in [-0.3, -0.25) is 4.79 Å². The Kier molecular flexibility index (Phi) is 3.99. The third-order valence-electron chi connectivity index (χ3n) is 2.24. The van der Waals surface area contributed by atoms with Gasteiger partial charge < -0.3 is 10.5 Å². The zero-order valence-corrected chi connectivity index (χ0v) is 10.7. The van der Waals surface area contributed by atoms with E-state index in [9.17, 15) is 4.79 Å². The molecule has 2 N–H and O–H groups in total. The molecule has 0 aliphatic rings. The largest absolute Gasteiger partial charge is 0.465 e. The van der Waals surface area contributed by atoms with Gasteiger partial charge in [0.1, 0.15) is 5.82 Å². The first-order valence-electron chi connectivity index (χ1n) is 5.51. The van der Waals surface area contributed by atoms with Crippen molar-refractivity contribution in [1.29, 1.82) is 0 Å². The lowest BCUT2D eigenvalue weighted by molar-refractivity contribution is -0.139. The molecule has 0 spiro atoms. The Hall–Kier alpha value is -1.82. The maximum atomic E-state index is 11.2. The lowest BCUT2D eigenvalue weighted by Crippen LogP contribution is -2.07. The molecule has 0 bridgehead atoms. The molecule has 0 amide bonds. The van der Waals surface area contributed by atoms with Crippen molar-refractivity contribution in [1.82, 2.24) is 9.97 Å². The molecule has 0 fully saturated rings. The number of carbonyl (C=O) groups is 1. The van der Waals surface area contributed by atoms with Crippen molar-refractivity contribution in [3.05, 3.63) is 24.3 Å². The van der Waals surface area contributed by atoms with Gasteiger partial charge in [-0.15, -0.1) is 0 Å². The number of hydrogen-bond donors (Lipinski definition) is 1. The van der Waals surface area contributed by atoms with E-state index in [0.717, 1.165) is 10.9 Å². The Labute approximate surface area is 109 Å². The van der Waals surface area contributed by atoms with Gasteiger partial charge in [0.05, 0.1) is 17.9 Å². The third-order valence-corrected chi connectivity index (χ3v) is 3.06. The van der Waals surface area contributed by atoms with Gasteiger partial charge in [0.15, 0.2) is 5.16 Å². The smallest absolute Gasteiger partial charge is 0.316 e. The fourth-order valence-electron chi connectivity index (χ4n) is 1.47. The summed E-state index contributed by atoms with van der Waals surface area (Å²) in [6.45, 7) is 2.15. The maximum Gasteiger partial charge on any atom is 0.316 e. The van der Waals surface area contributed by atoms with Gasteiger partial charge in [-0.25, -0.2) is 9.97 Å². The Morgan fingerprint density at radius 1 is 1.39 bits per heavy atom. The van der Waals surface area contributed by atoms with Crippen LogP contribution in [0.3, 0.4) is 0 Å². The topological polar surface area (TPSA) is 78.1 Å². The minimum absolute atomic E-state index is 0.186. The molecular formula is C12H13N3O2S. The molecule has 1 aromatic carbocycles. The molecule has 0 saturated heterocycles. The second kappa shape index (κ2) is 5.68. The van der Waals surface area contributed by atoms with Crippen LogP contribution < -0.4 is 5.73 Å². The van der Waals surface area contributed by atoms with Crippen molar-refractivity contribution in [2.45, 2.75) is 12.1 Å². The summed E-state index contributed by atoms with van der Waals surface area (Å²) in [5, 5.41) is 1.30. The molecular weight excluding hydrogens is 250 g/mol. The lowest BCUT2D eigenvalue weighted by Gasteiger charge is -2.04. The second-order valence-corrected chi connectivity index (χ2v) is 4.44. The number of para-hydroxylation sites is 1. The summed E-state index contributed by atoms with van der Waals surface area (Å²) in [7, 11) is 0. The van der Waals surface area contributed by atoms with Gasteiger partial charge >= 0.3 is 5.97 Å². The van der Waals surface area contributed by atoms with Crippen LogP contribution >= 0.6 is 11.8 Å². The van der Waals surface area contributed by atoms with Crippen LogP contribution in [0, 0.1) is 0 Å². The van der Waals surface area contributed by atoms with Crippen LogP contribution in [0.1, 0.15) is 6.92 Å². The molecule has 1 heterocycles. The van der Waals surface area contributed by atoms with Crippen LogP contribution in [0.4, 0.5) is 5.82 Å². The van der Waals surface area contributed by atoms with Crippen LogP contribution in [0.15, 0.2) is 29.4 Å². The van der Waals surface area contributed by atoms with Crippen LogP contribution in [0.25, 0.3) is 10.9 Å². The van der Waals surface area contributed by atoms with Gasteiger partial charge in [-0.2, -0.15) is 0 Å². The van der Waals surface area contributed by atoms with Gasteiger partial charge in [0.25, 0.3) is 0 Å². The van der Waals surface area contributed by atoms with Crippen LogP contribution in [-0.4, -0.2) is 28.3 Å². The Morgan fingerprint density at radius 2 is 2.17 bits per heavy atom. The Balaban J connectivity index is 2.17. The number of carbonyl (C=O) groups excluding carboxylic acids is 1. The van der Waals surface area contributed by atoms with Crippen molar-refractivity contribution < 1.29 is 9.53 Å². The standard InChI is InChI=1S/C12H13N3O2S/c1-2-17-10(16)7-18-12-14-9-6-4-3-5-8(9)11(13)15-12/h3-6H,2,7H2,1H3,(H2,13,14,15). The van der Waals surface area contributed by atoms with Gasteiger partial charge in [0, 0.05) is 5.39 Å². The zero-order chi connectivity index (χ0) is 13.0. The number of ether oxygens (including phenoxy) is 1. The molecule has 0 unspecified atom stereocenters. The monoisotopic (exact) mass is 263 g/mol. The first kappa shape index (κ1) is 12.6. The summed E-state index contributed by atoms with van der Waals surface area (Å²) in [6, 6.07) is 7.49.